The summed E-state index contributed by atoms with van der Waals surface area (Å²) in [4.78, 5) is 11.9. The third kappa shape index (κ3) is 1.55. The Kier molecular flexibility index (Phi) is 2.60. The molecular formula is C11H20O. The highest BCUT2D eigenvalue weighted by Gasteiger charge is 2.39. The second kappa shape index (κ2) is 3.20. The highest BCUT2D eigenvalue weighted by Crippen LogP contribution is 2.39. The van der Waals surface area contributed by atoms with Crippen molar-refractivity contribution in [3.8, 4) is 0 Å². The molecule has 0 radical (unpaired) electrons. The quantitative estimate of drug-likeness (QED) is 0.588. The minimum atomic E-state index is -0.0484. The zero-order valence-electron chi connectivity index (χ0n) is 8.68. The molecule has 1 rings (SSSR count). The van der Waals surface area contributed by atoms with Crippen LogP contribution in [0.1, 0.15) is 47.0 Å². The van der Waals surface area contributed by atoms with Gasteiger partial charge in [-0.25, -0.2) is 0 Å². The number of carbonyl (C=O) groups excluding carboxylic acids is 1. The van der Waals surface area contributed by atoms with Crippen molar-refractivity contribution in [2.45, 2.75) is 47.0 Å². The number of carbonyl (C=O) groups is 1. The van der Waals surface area contributed by atoms with Crippen LogP contribution in [0, 0.1) is 17.3 Å². The van der Waals surface area contributed by atoms with E-state index in [2.05, 4.69) is 27.7 Å². The largest absolute Gasteiger partial charge is 0.299 e. The lowest BCUT2D eigenvalue weighted by Gasteiger charge is -2.37. The van der Waals surface area contributed by atoms with Gasteiger partial charge in [-0.1, -0.05) is 27.7 Å². The molecule has 1 nitrogen and oxygen atoms in total. The second-order valence-corrected chi connectivity index (χ2v) is 4.78. The molecule has 0 N–H and O–H groups in total. The van der Waals surface area contributed by atoms with E-state index in [0.29, 0.717) is 17.6 Å². The number of rotatable bonds is 1. The predicted molar refractivity (Wildman–Crippen MR) is 51.0 cm³/mol. The van der Waals surface area contributed by atoms with Crippen LogP contribution in [-0.4, -0.2) is 5.78 Å². The molecule has 1 fully saturated rings. The van der Waals surface area contributed by atoms with Gasteiger partial charge in [-0.2, -0.15) is 0 Å². The summed E-state index contributed by atoms with van der Waals surface area (Å²) >= 11 is 0. The molecule has 12 heavy (non-hydrogen) atoms. The maximum Gasteiger partial charge on any atom is 0.141 e. The zero-order valence-corrected chi connectivity index (χ0v) is 8.68. The Bertz CT molecular complexity index is 181. The van der Waals surface area contributed by atoms with Crippen molar-refractivity contribution in [3.63, 3.8) is 0 Å². The molecule has 1 aliphatic rings. The van der Waals surface area contributed by atoms with Gasteiger partial charge >= 0.3 is 0 Å². The first-order valence-corrected chi connectivity index (χ1v) is 5.03. The van der Waals surface area contributed by atoms with Gasteiger partial charge in [-0.05, 0) is 25.2 Å². The van der Waals surface area contributed by atoms with Gasteiger partial charge < -0.3 is 0 Å². The van der Waals surface area contributed by atoms with Crippen molar-refractivity contribution in [1.82, 2.24) is 0 Å². The lowest BCUT2D eigenvalue weighted by Crippen LogP contribution is -2.39. The fourth-order valence-corrected chi connectivity index (χ4v) is 2.26. The van der Waals surface area contributed by atoms with Crippen molar-refractivity contribution in [1.29, 1.82) is 0 Å². The number of Topliss-reactive ketones (excluding diaryl/α,β-unsaturated/α-hetero) is 1. The first-order valence-electron chi connectivity index (χ1n) is 5.03. The summed E-state index contributed by atoms with van der Waals surface area (Å²) in [6.45, 7) is 8.51. The summed E-state index contributed by atoms with van der Waals surface area (Å²) in [5, 5.41) is 0. The average molecular weight is 168 g/mol. The maximum absolute atomic E-state index is 11.9. The molecule has 0 amide bonds. The highest BCUT2D eigenvalue weighted by atomic mass is 16.1. The van der Waals surface area contributed by atoms with Gasteiger partial charge in [0.15, 0.2) is 0 Å². The number of hydrogen-bond acceptors (Lipinski definition) is 1. The van der Waals surface area contributed by atoms with Gasteiger partial charge in [0.1, 0.15) is 5.78 Å². The van der Waals surface area contributed by atoms with Gasteiger partial charge in [0.25, 0.3) is 0 Å². The Balaban J connectivity index is 2.78. The van der Waals surface area contributed by atoms with Crippen LogP contribution in [0.2, 0.25) is 0 Å². The molecule has 0 heterocycles. The minimum absolute atomic E-state index is 0.0484. The van der Waals surface area contributed by atoms with Gasteiger partial charge in [0.05, 0.1) is 0 Å². The van der Waals surface area contributed by atoms with Gasteiger partial charge in [0.2, 0.25) is 0 Å². The van der Waals surface area contributed by atoms with Crippen LogP contribution in [0.4, 0.5) is 0 Å². The molecule has 0 bridgehead atoms. The molecule has 0 spiro atoms. The lowest BCUT2D eigenvalue weighted by atomic mass is 9.66. The van der Waals surface area contributed by atoms with Gasteiger partial charge in [-0.15, -0.1) is 0 Å². The van der Waals surface area contributed by atoms with E-state index in [1.807, 2.05) is 0 Å². The predicted octanol–water partition coefficient (Wildman–Crippen LogP) is 3.04. The Morgan fingerprint density at radius 3 is 2.50 bits per heavy atom. The van der Waals surface area contributed by atoms with Crippen molar-refractivity contribution in [2.24, 2.45) is 17.3 Å². The summed E-state index contributed by atoms with van der Waals surface area (Å²) in [6, 6.07) is 0. The third-order valence-electron chi connectivity index (χ3n) is 3.36. The lowest BCUT2D eigenvalue weighted by molar-refractivity contribution is -0.136. The van der Waals surface area contributed by atoms with Crippen molar-refractivity contribution >= 4 is 5.78 Å². The van der Waals surface area contributed by atoms with E-state index in [0.717, 1.165) is 12.8 Å². The topological polar surface area (TPSA) is 17.1 Å². The molecule has 0 aromatic carbocycles. The molecule has 1 aliphatic carbocycles. The summed E-state index contributed by atoms with van der Waals surface area (Å²) in [5.74, 6) is 1.42. The summed E-state index contributed by atoms with van der Waals surface area (Å²) < 4.78 is 0. The Morgan fingerprint density at radius 1 is 1.50 bits per heavy atom. The molecule has 0 aromatic heterocycles. The van der Waals surface area contributed by atoms with Gasteiger partial charge in [0, 0.05) is 11.3 Å². The molecule has 2 atom stereocenters. The minimum Gasteiger partial charge on any atom is -0.299 e. The van der Waals surface area contributed by atoms with E-state index >= 15 is 0 Å². The molecule has 0 aromatic rings. The molecule has 0 saturated heterocycles. The summed E-state index contributed by atoms with van der Waals surface area (Å²) in [7, 11) is 0. The standard InChI is InChI=1S/C11H20O/c1-5-9-8(2)6-7-11(3,4)10(9)12/h8-9H,5-7H2,1-4H3. The van der Waals surface area contributed by atoms with Crippen LogP contribution < -0.4 is 0 Å². The van der Waals surface area contributed by atoms with E-state index in [4.69, 9.17) is 0 Å². The van der Waals surface area contributed by atoms with E-state index in [1.54, 1.807) is 0 Å². The fraction of sp³-hybridized carbons (Fsp3) is 0.909. The van der Waals surface area contributed by atoms with Crippen LogP contribution in [0.5, 0.6) is 0 Å². The smallest absolute Gasteiger partial charge is 0.141 e. The monoisotopic (exact) mass is 168 g/mol. The van der Waals surface area contributed by atoms with E-state index in [-0.39, 0.29) is 5.41 Å². The van der Waals surface area contributed by atoms with Crippen LogP contribution in [-0.2, 0) is 4.79 Å². The SMILES string of the molecule is CCC1C(=O)C(C)(C)CCC1C. The van der Waals surface area contributed by atoms with Crippen LogP contribution in [0.15, 0.2) is 0 Å². The van der Waals surface area contributed by atoms with E-state index in [9.17, 15) is 4.79 Å². The van der Waals surface area contributed by atoms with E-state index in [1.165, 1.54) is 6.42 Å². The number of ketones is 1. The molecule has 0 aliphatic heterocycles. The van der Waals surface area contributed by atoms with Crippen LogP contribution in [0.25, 0.3) is 0 Å². The van der Waals surface area contributed by atoms with Crippen molar-refractivity contribution in [2.75, 3.05) is 0 Å². The molecule has 2 unspecified atom stereocenters. The van der Waals surface area contributed by atoms with E-state index < -0.39 is 0 Å². The highest BCUT2D eigenvalue weighted by molar-refractivity contribution is 5.87. The van der Waals surface area contributed by atoms with Crippen LogP contribution in [0.3, 0.4) is 0 Å². The first-order chi connectivity index (χ1) is 5.49. The van der Waals surface area contributed by atoms with Crippen LogP contribution >= 0.6 is 0 Å². The Hall–Kier alpha value is -0.330. The molecule has 70 valence electrons. The Morgan fingerprint density at radius 2 is 2.08 bits per heavy atom. The number of hydrogen-bond donors (Lipinski definition) is 0. The third-order valence-corrected chi connectivity index (χ3v) is 3.36. The zero-order chi connectivity index (χ0) is 9.35. The normalized spacial score (nSPS) is 35.2. The molecule has 1 saturated carbocycles. The first kappa shape index (κ1) is 9.76. The van der Waals surface area contributed by atoms with Gasteiger partial charge in [-0.3, -0.25) is 4.79 Å². The van der Waals surface area contributed by atoms with Crippen molar-refractivity contribution < 1.29 is 4.79 Å². The molecule has 1 heteroatoms. The second-order valence-electron chi connectivity index (χ2n) is 4.78. The summed E-state index contributed by atoms with van der Waals surface area (Å²) in [5.41, 5.74) is -0.0484. The summed E-state index contributed by atoms with van der Waals surface area (Å²) in [6.07, 6.45) is 3.31. The Labute approximate surface area is 75.5 Å². The average Bonchev–Trinajstić information content (AvgIpc) is 2.00. The maximum atomic E-state index is 11.9. The molecular weight excluding hydrogens is 148 g/mol. The van der Waals surface area contributed by atoms with Crippen molar-refractivity contribution in [3.05, 3.63) is 0 Å². The fourth-order valence-electron chi connectivity index (χ4n) is 2.26.